The number of carbonyl (C=O) groups is 2. The third-order valence-electron chi connectivity index (χ3n) is 3.24. The number of halogens is 7. The van der Waals surface area contributed by atoms with E-state index in [1.54, 1.807) is 45.2 Å². The van der Waals surface area contributed by atoms with Crippen molar-refractivity contribution in [2.45, 2.75) is 30.4 Å². The molecule has 30 heavy (non-hydrogen) atoms. The van der Waals surface area contributed by atoms with E-state index in [0.29, 0.717) is 7.14 Å². The van der Waals surface area contributed by atoms with Crippen LogP contribution in [0.2, 0.25) is 0 Å². The Labute approximate surface area is 193 Å². The van der Waals surface area contributed by atoms with Crippen LogP contribution in [0.3, 0.4) is 0 Å². The standard InChI is InChI=1S/C14H11F5I2O8S/c15-13(16,17)12(14(18,19)30(25,26)27)29-8(22)2-1-5-28-11(24)9-6(20)3-4-7(21)10(9)23/h3-4,12,23H,1-2,5H2,(H,25,26,27). The zero-order valence-corrected chi connectivity index (χ0v) is 19.4. The molecule has 1 rings (SSSR count). The fraction of sp³-hybridized carbons (Fsp3) is 0.429. The number of esters is 2. The van der Waals surface area contributed by atoms with Crippen molar-refractivity contribution in [3.63, 3.8) is 0 Å². The molecule has 16 heteroatoms. The topological polar surface area (TPSA) is 127 Å². The van der Waals surface area contributed by atoms with E-state index in [2.05, 4.69) is 4.74 Å². The summed E-state index contributed by atoms with van der Waals surface area (Å²) in [5.41, 5.74) is -0.185. The summed E-state index contributed by atoms with van der Waals surface area (Å²) in [4.78, 5) is 23.4. The summed E-state index contributed by atoms with van der Waals surface area (Å²) in [6, 6.07) is 3.02. The van der Waals surface area contributed by atoms with Crippen molar-refractivity contribution in [2.75, 3.05) is 6.61 Å². The minimum atomic E-state index is -6.53. The molecule has 0 aliphatic carbocycles. The van der Waals surface area contributed by atoms with Gasteiger partial charge in [-0.1, -0.05) is 0 Å². The third-order valence-corrected chi connectivity index (χ3v) is 5.91. The third kappa shape index (κ3) is 6.74. The average Bonchev–Trinajstić information content (AvgIpc) is 2.58. The molecule has 0 bridgehead atoms. The van der Waals surface area contributed by atoms with Gasteiger partial charge >= 0.3 is 33.5 Å². The van der Waals surface area contributed by atoms with Crippen molar-refractivity contribution >= 4 is 67.2 Å². The lowest BCUT2D eigenvalue weighted by Gasteiger charge is -2.26. The van der Waals surface area contributed by atoms with Crippen molar-refractivity contribution < 1.29 is 59.1 Å². The molecule has 0 aromatic heterocycles. The Kier molecular flexibility index (Phi) is 9.07. The number of hydrogen-bond acceptors (Lipinski definition) is 7. The fourth-order valence-electron chi connectivity index (χ4n) is 1.84. The summed E-state index contributed by atoms with van der Waals surface area (Å²) in [6.07, 6.45) is -11.8. The van der Waals surface area contributed by atoms with Crippen LogP contribution in [0.4, 0.5) is 22.0 Å². The minimum Gasteiger partial charge on any atom is -0.506 e. The lowest BCUT2D eigenvalue weighted by molar-refractivity contribution is -0.259. The van der Waals surface area contributed by atoms with Gasteiger partial charge in [-0.2, -0.15) is 30.4 Å². The van der Waals surface area contributed by atoms with Gasteiger partial charge in [-0.3, -0.25) is 9.35 Å². The number of carbonyl (C=O) groups excluding carboxylic acids is 2. The van der Waals surface area contributed by atoms with Crippen LogP contribution in [0, 0.1) is 7.14 Å². The highest BCUT2D eigenvalue weighted by Crippen LogP contribution is 2.38. The van der Waals surface area contributed by atoms with Crippen molar-refractivity contribution in [3.05, 3.63) is 24.8 Å². The largest absolute Gasteiger partial charge is 0.506 e. The molecule has 8 nitrogen and oxygen atoms in total. The summed E-state index contributed by atoms with van der Waals surface area (Å²) in [5.74, 6) is -3.24. The monoisotopic (exact) mass is 688 g/mol. The zero-order valence-electron chi connectivity index (χ0n) is 14.3. The summed E-state index contributed by atoms with van der Waals surface area (Å²) in [7, 11) is -6.53. The molecule has 0 fully saturated rings. The van der Waals surface area contributed by atoms with Gasteiger partial charge in [-0.15, -0.1) is 0 Å². The number of hydrogen-bond donors (Lipinski definition) is 2. The molecule has 0 saturated carbocycles. The molecule has 2 N–H and O–H groups in total. The van der Waals surface area contributed by atoms with Gasteiger partial charge in [0.25, 0.3) is 6.10 Å². The Bertz CT molecular complexity index is 920. The van der Waals surface area contributed by atoms with Gasteiger partial charge in [0.1, 0.15) is 11.3 Å². The first kappa shape index (κ1) is 27.0. The number of phenolic OH excluding ortho intramolecular Hbond substituents is 1. The predicted octanol–water partition coefficient (Wildman–Crippen LogP) is 3.49. The number of ether oxygens (including phenoxy) is 2. The lowest BCUT2D eigenvalue weighted by atomic mass is 10.2. The van der Waals surface area contributed by atoms with Gasteiger partial charge in [0.15, 0.2) is 0 Å². The van der Waals surface area contributed by atoms with E-state index in [4.69, 9.17) is 9.29 Å². The second-order valence-electron chi connectivity index (χ2n) is 5.44. The number of aromatic hydroxyl groups is 1. The molecule has 0 heterocycles. The van der Waals surface area contributed by atoms with Crippen LogP contribution in [0.25, 0.3) is 0 Å². The summed E-state index contributed by atoms with van der Waals surface area (Å²) < 4.78 is 103. The van der Waals surface area contributed by atoms with Gasteiger partial charge in [-0.25, -0.2) is 4.79 Å². The van der Waals surface area contributed by atoms with E-state index < -0.39 is 59.0 Å². The molecule has 0 spiro atoms. The highest BCUT2D eigenvalue weighted by molar-refractivity contribution is 14.1. The Hall–Kier alpha value is -1.02. The Morgan fingerprint density at radius 3 is 2.13 bits per heavy atom. The molecule has 0 amide bonds. The molecule has 0 aliphatic heterocycles. The van der Waals surface area contributed by atoms with Gasteiger partial charge in [-0.05, 0) is 63.7 Å². The number of phenols is 1. The maximum absolute atomic E-state index is 13.3. The number of rotatable bonds is 8. The molecule has 0 saturated heterocycles. The Balaban J connectivity index is 2.71. The predicted molar refractivity (Wildman–Crippen MR) is 105 cm³/mol. The Morgan fingerprint density at radius 1 is 1.10 bits per heavy atom. The van der Waals surface area contributed by atoms with E-state index in [1.807, 2.05) is 0 Å². The van der Waals surface area contributed by atoms with Crippen molar-refractivity contribution in [2.24, 2.45) is 0 Å². The first-order valence-corrected chi connectivity index (χ1v) is 11.0. The summed E-state index contributed by atoms with van der Waals surface area (Å²) in [5, 5.41) is 4.05. The van der Waals surface area contributed by atoms with Crippen LogP contribution in [-0.4, -0.2) is 54.2 Å². The van der Waals surface area contributed by atoms with E-state index in [0.717, 1.165) is 0 Å². The molecule has 0 aliphatic rings. The molecular formula is C14H11F5I2O8S. The average molecular weight is 688 g/mol. The SMILES string of the molecule is O=C(CCCOC(=O)c1c(I)ccc(I)c1O)OC(C(F)(F)F)C(F)(F)S(=O)(=O)O. The van der Waals surface area contributed by atoms with Crippen LogP contribution in [0.5, 0.6) is 5.75 Å². The molecular weight excluding hydrogens is 677 g/mol. The molecule has 1 aromatic carbocycles. The van der Waals surface area contributed by atoms with Gasteiger partial charge in [0, 0.05) is 9.99 Å². The van der Waals surface area contributed by atoms with Crippen LogP contribution in [0.15, 0.2) is 12.1 Å². The Morgan fingerprint density at radius 2 is 1.63 bits per heavy atom. The maximum Gasteiger partial charge on any atom is 0.432 e. The number of alkyl halides is 5. The summed E-state index contributed by atoms with van der Waals surface area (Å²) >= 11 is 3.49. The number of benzene rings is 1. The minimum absolute atomic E-state index is 0.185. The second kappa shape index (κ2) is 10.1. The quantitative estimate of drug-likeness (QED) is 0.140. The molecule has 1 aromatic rings. The maximum atomic E-state index is 13.3. The first-order valence-electron chi connectivity index (χ1n) is 7.45. The molecule has 1 atom stereocenters. The normalized spacial score (nSPS) is 13.6. The second-order valence-corrected chi connectivity index (χ2v) is 9.26. The van der Waals surface area contributed by atoms with Gasteiger partial charge in [0.2, 0.25) is 0 Å². The highest BCUT2D eigenvalue weighted by atomic mass is 127. The zero-order chi connectivity index (χ0) is 23.5. The molecule has 170 valence electrons. The first-order chi connectivity index (χ1) is 13.5. The lowest BCUT2D eigenvalue weighted by Crippen LogP contribution is -2.52. The van der Waals surface area contributed by atoms with E-state index in [-0.39, 0.29) is 11.3 Å². The van der Waals surface area contributed by atoms with Gasteiger partial charge < -0.3 is 14.6 Å². The van der Waals surface area contributed by atoms with Crippen molar-refractivity contribution in [3.8, 4) is 5.75 Å². The molecule has 0 radical (unpaired) electrons. The highest BCUT2D eigenvalue weighted by Gasteiger charge is 2.65. The molecule has 1 unspecified atom stereocenters. The van der Waals surface area contributed by atoms with Crippen molar-refractivity contribution in [1.82, 2.24) is 0 Å². The van der Waals surface area contributed by atoms with Gasteiger partial charge in [0.05, 0.1) is 10.2 Å². The van der Waals surface area contributed by atoms with E-state index in [1.165, 1.54) is 12.1 Å². The van der Waals surface area contributed by atoms with Crippen molar-refractivity contribution in [1.29, 1.82) is 0 Å². The van der Waals surface area contributed by atoms with E-state index >= 15 is 0 Å². The van der Waals surface area contributed by atoms with Crippen LogP contribution in [0.1, 0.15) is 23.2 Å². The fourth-order valence-corrected chi connectivity index (χ4v) is 3.40. The smallest absolute Gasteiger partial charge is 0.432 e. The summed E-state index contributed by atoms with van der Waals surface area (Å²) in [6.45, 7) is -0.555. The van der Waals surface area contributed by atoms with E-state index in [9.17, 15) is 45.1 Å². The van der Waals surface area contributed by atoms with Crippen LogP contribution in [-0.2, 0) is 24.4 Å². The van der Waals surface area contributed by atoms with Crippen LogP contribution < -0.4 is 0 Å². The van der Waals surface area contributed by atoms with Crippen LogP contribution >= 0.6 is 45.2 Å².